The first-order chi connectivity index (χ1) is 7.47. The third kappa shape index (κ3) is 23.7. The fourth-order valence-corrected chi connectivity index (χ4v) is 0.978. The van der Waals surface area contributed by atoms with Crippen molar-refractivity contribution in [1.29, 1.82) is 0 Å². The van der Waals surface area contributed by atoms with Crippen molar-refractivity contribution in [2.24, 2.45) is 0 Å². The molecule has 16 heavy (non-hydrogen) atoms. The highest BCUT2D eigenvalue weighted by molar-refractivity contribution is 7.46. The molecule has 0 aromatic rings. The molecule has 0 rings (SSSR count). The summed E-state index contributed by atoms with van der Waals surface area (Å²) in [4.78, 5) is 16.3. The summed E-state index contributed by atoms with van der Waals surface area (Å²) in [5.74, 6) is 0. The SMILES string of the molecule is CCCCOP(=O)(O)O.OCCNCCO. The van der Waals surface area contributed by atoms with E-state index in [1.807, 2.05) is 6.92 Å². The van der Waals surface area contributed by atoms with Gasteiger partial charge < -0.3 is 25.3 Å². The first-order valence-corrected chi connectivity index (χ1v) is 6.63. The quantitative estimate of drug-likeness (QED) is 0.293. The Labute approximate surface area is 95.7 Å². The van der Waals surface area contributed by atoms with Crippen LogP contribution in [0, 0.1) is 0 Å². The molecule has 0 aromatic heterocycles. The lowest BCUT2D eigenvalue weighted by Crippen LogP contribution is -2.21. The maximum atomic E-state index is 9.98. The number of hydrogen-bond donors (Lipinski definition) is 5. The van der Waals surface area contributed by atoms with Gasteiger partial charge in [-0.15, -0.1) is 0 Å². The first kappa shape index (κ1) is 18.4. The van der Waals surface area contributed by atoms with Gasteiger partial charge in [0.15, 0.2) is 0 Å². The van der Waals surface area contributed by atoms with Crippen LogP contribution in [0.1, 0.15) is 19.8 Å². The van der Waals surface area contributed by atoms with Gasteiger partial charge in [0.2, 0.25) is 0 Å². The van der Waals surface area contributed by atoms with Crippen molar-refractivity contribution >= 4 is 7.82 Å². The minimum absolute atomic E-state index is 0.139. The summed E-state index contributed by atoms with van der Waals surface area (Å²) in [6, 6.07) is 0. The van der Waals surface area contributed by atoms with Gasteiger partial charge in [0.25, 0.3) is 0 Å². The fraction of sp³-hybridized carbons (Fsp3) is 1.00. The highest BCUT2D eigenvalue weighted by atomic mass is 31.2. The number of rotatable bonds is 8. The number of phosphoric ester groups is 1. The van der Waals surface area contributed by atoms with Crippen LogP contribution in [0.25, 0.3) is 0 Å². The van der Waals surface area contributed by atoms with Crippen molar-refractivity contribution in [3.63, 3.8) is 0 Å². The Bertz CT molecular complexity index is 170. The van der Waals surface area contributed by atoms with Gasteiger partial charge in [-0.3, -0.25) is 4.52 Å². The van der Waals surface area contributed by atoms with Gasteiger partial charge in [-0.2, -0.15) is 0 Å². The lowest BCUT2D eigenvalue weighted by atomic mass is 10.4. The first-order valence-electron chi connectivity index (χ1n) is 5.10. The fourth-order valence-electron chi connectivity index (χ4n) is 0.611. The molecule has 0 aromatic carbocycles. The van der Waals surface area contributed by atoms with E-state index in [2.05, 4.69) is 9.84 Å². The molecule has 100 valence electrons. The lowest BCUT2D eigenvalue weighted by molar-refractivity contribution is 0.194. The van der Waals surface area contributed by atoms with Gasteiger partial charge >= 0.3 is 7.82 Å². The van der Waals surface area contributed by atoms with Crippen molar-refractivity contribution < 1.29 is 29.1 Å². The second-order valence-corrected chi connectivity index (χ2v) is 4.11. The Morgan fingerprint density at radius 3 is 2.00 bits per heavy atom. The molecule has 0 aliphatic carbocycles. The van der Waals surface area contributed by atoms with Crippen LogP contribution in [0.3, 0.4) is 0 Å². The molecule has 0 radical (unpaired) electrons. The summed E-state index contributed by atoms with van der Waals surface area (Å²) in [6.07, 6.45) is 1.56. The molecule has 0 fully saturated rings. The zero-order chi connectivity index (χ0) is 12.9. The van der Waals surface area contributed by atoms with Gasteiger partial charge in [-0.25, -0.2) is 4.57 Å². The van der Waals surface area contributed by atoms with E-state index in [0.29, 0.717) is 19.5 Å². The smallest absolute Gasteiger partial charge is 0.395 e. The van der Waals surface area contributed by atoms with Gasteiger partial charge in [0.05, 0.1) is 19.8 Å². The molecule has 0 unspecified atom stereocenters. The zero-order valence-corrected chi connectivity index (χ0v) is 10.4. The molecule has 0 atom stereocenters. The molecule has 0 heterocycles. The number of hydrogen-bond acceptors (Lipinski definition) is 5. The second kappa shape index (κ2) is 13.1. The van der Waals surface area contributed by atoms with Crippen LogP contribution in [0.5, 0.6) is 0 Å². The highest BCUT2D eigenvalue weighted by Gasteiger charge is 2.11. The van der Waals surface area contributed by atoms with E-state index >= 15 is 0 Å². The maximum absolute atomic E-state index is 9.98. The number of unbranched alkanes of at least 4 members (excludes halogenated alkanes) is 1. The largest absolute Gasteiger partial charge is 0.469 e. The molecular formula is C8H22NO6P. The van der Waals surface area contributed by atoms with Crippen molar-refractivity contribution in [2.75, 3.05) is 32.9 Å². The van der Waals surface area contributed by atoms with E-state index in [9.17, 15) is 4.57 Å². The van der Waals surface area contributed by atoms with E-state index in [0.717, 1.165) is 6.42 Å². The zero-order valence-electron chi connectivity index (χ0n) is 9.50. The van der Waals surface area contributed by atoms with Crippen molar-refractivity contribution in [2.45, 2.75) is 19.8 Å². The minimum atomic E-state index is -4.20. The van der Waals surface area contributed by atoms with Crippen LogP contribution in [0.2, 0.25) is 0 Å². The molecule has 7 nitrogen and oxygen atoms in total. The van der Waals surface area contributed by atoms with Gasteiger partial charge in [-0.1, -0.05) is 13.3 Å². The molecule has 0 aliphatic heterocycles. The highest BCUT2D eigenvalue weighted by Crippen LogP contribution is 2.35. The van der Waals surface area contributed by atoms with Crippen LogP contribution in [0.15, 0.2) is 0 Å². The number of aliphatic hydroxyl groups is 2. The predicted octanol–water partition coefficient (Wildman–Crippen LogP) is -0.544. The van der Waals surface area contributed by atoms with Crippen LogP contribution in [-0.2, 0) is 9.09 Å². The molecule has 5 N–H and O–H groups in total. The third-order valence-electron chi connectivity index (χ3n) is 1.33. The van der Waals surface area contributed by atoms with E-state index in [4.69, 9.17) is 20.0 Å². The average molecular weight is 259 g/mol. The van der Waals surface area contributed by atoms with Gasteiger partial charge in [0, 0.05) is 13.1 Å². The molecule has 0 saturated heterocycles. The molecular weight excluding hydrogens is 237 g/mol. The predicted molar refractivity (Wildman–Crippen MR) is 59.9 cm³/mol. The summed E-state index contributed by atoms with van der Waals surface area (Å²) in [6.45, 7) is 3.48. The Hall–Kier alpha value is -0.0100. The Balaban J connectivity index is 0. The van der Waals surface area contributed by atoms with Crippen molar-refractivity contribution in [3.05, 3.63) is 0 Å². The van der Waals surface area contributed by atoms with Crippen LogP contribution in [-0.4, -0.2) is 52.9 Å². The molecule has 8 heteroatoms. The van der Waals surface area contributed by atoms with Gasteiger partial charge in [0.1, 0.15) is 0 Å². The average Bonchev–Trinajstić information content (AvgIpc) is 2.18. The monoisotopic (exact) mass is 259 g/mol. The summed E-state index contributed by atoms with van der Waals surface area (Å²) in [5, 5.41) is 19.1. The topological polar surface area (TPSA) is 119 Å². The Kier molecular flexibility index (Phi) is 15.0. The molecule has 0 saturated carbocycles. The Morgan fingerprint density at radius 2 is 1.69 bits per heavy atom. The van der Waals surface area contributed by atoms with E-state index in [1.54, 1.807) is 0 Å². The molecule has 0 aliphatic rings. The number of aliphatic hydroxyl groups excluding tert-OH is 2. The third-order valence-corrected chi connectivity index (χ3v) is 1.85. The second-order valence-electron chi connectivity index (χ2n) is 2.87. The summed E-state index contributed by atoms with van der Waals surface area (Å²) < 4.78 is 14.1. The van der Waals surface area contributed by atoms with Gasteiger partial charge in [-0.05, 0) is 6.42 Å². The minimum Gasteiger partial charge on any atom is -0.395 e. The summed E-state index contributed by atoms with van der Waals surface area (Å²) in [5.41, 5.74) is 0. The van der Waals surface area contributed by atoms with E-state index in [-0.39, 0.29) is 19.8 Å². The normalized spacial score (nSPS) is 10.8. The number of nitrogens with one attached hydrogen (secondary N) is 1. The van der Waals surface area contributed by atoms with Crippen molar-refractivity contribution in [1.82, 2.24) is 5.32 Å². The Morgan fingerprint density at radius 1 is 1.19 bits per heavy atom. The summed E-state index contributed by atoms with van der Waals surface area (Å²) >= 11 is 0. The van der Waals surface area contributed by atoms with Crippen LogP contribution < -0.4 is 5.32 Å². The van der Waals surface area contributed by atoms with E-state index < -0.39 is 7.82 Å². The van der Waals surface area contributed by atoms with Crippen molar-refractivity contribution in [3.8, 4) is 0 Å². The van der Waals surface area contributed by atoms with Crippen LogP contribution >= 0.6 is 7.82 Å². The van der Waals surface area contributed by atoms with Crippen LogP contribution in [0.4, 0.5) is 0 Å². The molecule has 0 spiro atoms. The number of phosphoric acid groups is 1. The van der Waals surface area contributed by atoms with E-state index in [1.165, 1.54) is 0 Å². The maximum Gasteiger partial charge on any atom is 0.469 e. The molecule has 0 bridgehead atoms. The standard InChI is InChI=1S/C4H11NO2.C4H11O4P/c6-3-1-5-2-4-7;1-2-3-4-8-9(5,6)7/h5-7H,1-4H2;2-4H2,1H3,(H2,5,6,7). The lowest BCUT2D eigenvalue weighted by Gasteiger charge is -2.02. The summed E-state index contributed by atoms with van der Waals surface area (Å²) in [7, 11) is -4.20. The molecule has 0 amide bonds.